The van der Waals surface area contributed by atoms with E-state index in [2.05, 4.69) is 28.4 Å². The first-order valence-corrected chi connectivity index (χ1v) is 5.18. The predicted octanol–water partition coefficient (Wildman–Crippen LogP) is 1.34. The first kappa shape index (κ1) is 8.67. The summed E-state index contributed by atoms with van der Waals surface area (Å²) < 4.78 is 1.92. The van der Waals surface area contributed by atoms with Crippen LogP contribution in [0.5, 0.6) is 0 Å². The average molecular weight is 218 g/mol. The van der Waals surface area contributed by atoms with Crippen molar-refractivity contribution in [3.63, 3.8) is 0 Å². The molecule has 15 heavy (non-hydrogen) atoms. The minimum atomic E-state index is 0.291. The number of hydrogen-bond donors (Lipinski definition) is 2. The van der Waals surface area contributed by atoms with Gasteiger partial charge in [0.25, 0.3) is 0 Å². The van der Waals surface area contributed by atoms with Gasteiger partial charge in [0, 0.05) is 0 Å². The summed E-state index contributed by atoms with van der Waals surface area (Å²) in [6, 6.07) is 8.33. The Kier molecular flexibility index (Phi) is 1.70. The van der Waals surface area contributed by atoms with Gasteiger partial charge in [-0.3, -0.25) is 5.10 Å². The second-order valence-corrected chi connectivity index (χ2v) is 4.10. The predicted molar refractivity (Wildman–Crippen MR) is 59.6 cm³/mol. The minimum Gasteiger partial charge on any atom is -0.335 e. The highest BCUT2D eigenvalue weighted by atomic mass is 32.1. The summed E-state index contributed by atoms with van der Waals surface area (Å²) in [5, 5.41) is 6.86. The van der Waals surface area contributed by atoms with Crippen molar-refractivity contribution >= 4 is 12.2 Å². The molecule has 1 aromatic carbocycles. The Balaban J connectivity index is 2.07. The molecule has 0 fully saturated rings. The molecule has 0 saturated carbocycles. The minimum absolute atomic E-state index is 0.291. The number of rotatable bonds is 1. The molecule has 1 heterocycles. The Bertz CT molecular complexity index is 569. The lowest BCUT2D eigenvalue weighted by atomic mass is 9.77. The molecule has 0 bridgehead atoms. The molecule has 0 aliphatic heterocycles. The van der Waals surface area contributed by atoms with Crippen molar-refractivity contribution in [2.45, 2.75) is 12.3 Å². The van der Waals surface area contributed by atoms with Gasteiger partial charge in [0.1, 0.15) is 0 Å². The van der Waals surface area contributed by atoms with Gasteiger partial charge in [0.05, 0.1) is 5.92 Å². The number of nitrogen functional groups attached to an aromatic ring is 1. The van der Waals surface area contributed by atoms with Crippen molar-refractivity contribution in [2.24, 2.45) is 0 Å². The molecule has 3 rings (SSSR count). The third-order valence-electron chi connectivity index (χ3n) is 2.90. The summed E-state index contributed by atoms with van der Waals surface area (Å²) in [5.74, 6) is 6.90. The second-order valence-electron chi connectivity index (χ2n) is 3.71. The van der Waals surface area contributed by atoms with E-state index in [0.717, 1.165) is 12.2 Å². The molecule has 0 spiro atoms. The normalized spacial score (nSPS) is 18.3. The van der Waals surface area contributed by atoms with Crippen molar-refractivity contribution in [1.82, 2.24) is 14.9 Å². The highest BCUT2D eigenvalue weighted by Crippen LogP contribution is 2.38. The molecule has 3 N–H and O–H groups in total. The van der Waals surface area contributed by atoms with Crippen LogP contribution >= 0.6 is 12.2 Å². The summed E-state index contributed by atoms with van der Waals surface area (Å²) in [5.41, 5.74) is 2.68. The number of H-pyrrole nitrogens is 1. The zero-order valence-corrected chi connectivity index (χ0v) is 8.79. The molecule has 2 aromatic rings. The summed E-state index contributed by atoms with van der Waals surface area (Å²) in [6.45, 7) is 0. The number of aromatic amines is 1. The molecule has 0 radical (unpaired) electrons. The van der Waals surface area contributed by atoms with E-state index >= 15 is 0 Å². The van der Waals surface area contributed by atoms with Gasteiger partial charge in [0.2, 0.25) is 4.77 Å². The number of hydrogen-bond acceptors (Lipinski definition) is 3. The van der Waals surface area contributed by atoms with E-state index in [4.69, 9.17) is 18.1 Å². The summed E-state index contributed by atoms with van der Waals surface area (Å²) >= 11 is 4.98. The van der Waals surface area contributed by atoms with E-state index < -0.39 is 0 Å². The van der Waals surface area contributed by atoms with E-state index in [1.807, 2.05) is 6.07 Å². The molecule has 1 aliphatic rings. The second kappa shape index (κ2) is 2.93. The van der Waals surface area contributed by atoms with Crippen LogP contribution in [0.2, 0.25) is 0 Å². The van der Waals surface area contributed by atoms with Crippen LogP contribution in [0.25, 0.3) is 0 Å². The highest BCUT2D eigenvalue weighted by molar-refractivity contribution is 7.71. The zero-order chi connectivity index (χ0) is 10.4. The number of nitrogens with one attached hydrogen (secondary N) is 1. The molecule has 1 aliphatic carbocycles. The molecule has 0 saturated heterocycles. The van der Waals surface area contributed by atoms with Gasteiger partial charge in [0.15, 0.2) is 5.82 Å². The Labute approximate surface area is 91.7 Å². The smallest absolute Gasteiger partial charge is 0.214 e. The standard InChI is InChI=1S/C10H10N4S/c11-14-9(12-13-10(14)15)8-5-6-3-1-2-4-7(6)8/h1-4,8H,5,11H2,(H,13,15). The van der Waals surface area contributed by atoms with Crippen LogP contribution in [0.4, 0.5) is 0 Å². The topological polar surface area (TPSA) is 59.6 Å². The third kappa shape index (κ3) is 1.13. The maximum Gasteiger partial charge on any atom is 0.214 e. The van der Waals surface area contributed by atoms with Crippen LogP contribution in [-0.2, 0) is 6.42 Å². The molecule has 1 unspecified atom stereocenters. The lowest BCUT2D eigenvalue weighted by Crippen LogP contribution is -2.24. The number of benzene rings is 1. The largest absolute Gasteiger partial charge is 0.335 e. The molecule has 76 valence electrons. The van der Waals surface area contributed by atoms with Crippen LogP contribution < -0.4 is 5.84 Å². The molecule has 4 nitrogen and oxygen atoms in total. The molecule has 0 amide bonds. The number of fused-ring (bicyclic) bond motifs is 1. The van der Waals surface area contributed by atoms with Crippen molar-refractivity contribution in [3.8, 4) is 0 Å². The van der Waals surface area contributed by atoms with Crippen LogP contribution in [0.1, 0.15) is 22.9 Å². The lowest BCUT2D eigenvalue weighted by molar-refractivity contribution is 0.636. The van der Waals surface area contributed by atoms with E-state index in [-0.39, 0.29) is 0 Å². The molecular formula is C10H10N4S. The van der Waals surface area contributed by atoms with Crippen molar-refractivity contribution in [2.75, 3.05) is 5.84 Å². The third-order valence-corrected chi connectivity index (χ3v) is 3.19. The first-order valence-electron chi connectivity index (χ1n) is 4.77. The van der Waals surface area contributed by atoms with Gasteiger partial charge < -0.3 is 5.84 Å². The Morgan fingerprint density at radius 2 is 2.27 bits per heavy atom. The maximum atomic E-state index is 5.79. The fraction of sp³-hybridized carbons (Fsp3) is 0.200. The van der Waals surface area contributed by atoms with Crippen LogP contribution in [-0.4, -0.2) is 14.9 Å². The monoisotopic (exact) mass is 218 g/mol. The van der Waals surface area contributed by atoms with Crippen molar-refractivity contribution in [1.29, 1.82) is 0 Å². The van der Waals surface area contributed by atoms with E-state index in [1.165, 1.54) is 15.8 Å². The van der Waals surface area contributed by atoms with E-state index in [1.54, 1.807) is 0 Å². The van der Waals surface area contributed by atoms with Crippen LogP contribution in [0.15, 0.2) is 24.3 Å². The van der Waals surface area contributed by atoms with Gasteiger partial charge in [-0.15, -0.1) is 0 Å². The molecule has 5 heteroatoms. The van der Waals surface area contributed by atoms with Gasteiger partial charge >= 0.3 is 0 Å². The van der Waals surface area contributed by atoms with Gasteiger partial charge in [-0.05, 0) is 29.8 Å². The van der Waals surface area contributed by atoms with Gasteiger partial charge in [-0.25, -0.2) is 4.68 Å². The number of aromatic nitrogens is 3. The Hall–Kier alpha value is -1.62. The summed E-state index contributed by atoms with van der Waals surface area (Å²) in [6.07, 6.45) is 0.993. The molecule has 1 aromatic heterocycles. The van der Waals surface area contributed by atoms with E-state index in [9.17, 15) is 0 Å². The fourth-order valence-electron chi connectivity index (χ4n) is 2.05. The number of nitrogens with two attached hydrogens (primary N) is 1. The first-order chi connectivity index (χ1) is 7.27. The highest BCUT2D eigenvalue weighted by Gasteiger charge is 2.30. The van der Waals surface area contributed by atoms with Crippen LogP contribution in [0, 0.1) is 4.77 Å². The Morgan fingerprint density at radius 3 is 2.93 bits per heavy atom. The quantitative estimate of drug-likeness (QED) is 0.561. The average Bonchev–Trinajstić information content (AvgIpc) is 2.52. The lowest BCUT2D eigenvalue weighted by Gasteiger charge is -2.28. The zero-order valence-electron chi connectivity index (χ0n) is 7.97. The van der Waals surface area contributed by atoms with Gasteiger partial charge in [-0.1, -0.05) is 24.3 Å². The SMILES string of the molecule is Nn1c(C2Cc3ccccc32)n[nH]c1=S. The number of nitrogens with zero attached hydrogens (tertiary/aromatic N) is 2. The fourth-order valence-corrected chi connectivity index (χ4v) is 2.19. The van der Waals surface area contributed by atoms with Crippen LogP contribution in [0.3, 0.4) is 0 Å². The van der Waals surface area contributed by atoms with E-state index in [0.29, 0.717) is 10.7 Å². The van der Waals surface area contributed by atoms with Crippen molar-refractivity contribution in [3.05, 3.63) is 46.0 Å². The Morgan fingerprint density at radius 1 is 1.47 bits per heavy atom. The maximum absolute atomic E-state index is 5.79. The summed E-state index contributed by atoms with van der Waals surface area (Å²) in [4.78, 5) is 0. The molecule has 1 atom stereocenters. The van der Waals surface area contributed by atoms with Gasteiger partial charge in [-0.2, -0.15) is 5.10 Å². The molecular weight excluding hydrogens is 208 g/mol. The van der Waals surface area contributed by atoms with Crippen molar-refractivity contribution < 1.29 is 0 Å². The summed E-state index contributed by atoms with van der Waals surface area (Å²) in [7, 11) is 0.